The number of hydrogen-bond acceptors (Lipinski definition) is 5. The second-order valence-electron chi connectivity index (χ2n) is 4.15. The molecule has 0 radical (unpaired) electrons. The number of nitrogens with one attached hydrogen (secondary N) is 1. The predicted molar refractivity (Wildman–Crippen MR) is 69.7 cm³/mol. The Morgan fingerprint density at radius 3 is 2.95 bits per heavy atom. The summed E-state index contributed by atoms with van der Waals surface area (Å²) in [6.07, 6.45) is 1.42. The lowest BCUT2D eigenvalue weighted by molar-refractivity contribution is -0.116. The van der Waals surface area contributed by atoms with Crippen LogP contribution < -0.4 is 5.32 Å². The molecule has 1 aliphatic heterocycles. The Kier molecular flexibility index (Phi) is 2.96. The molecule has 1 aromatic heterocycles. The molecule has 1 N–H and O–H groups in total. The van der Waals surface area contributed by atoms with Crippen molar-refractivity contribution in [2.24, 2.45) is 0 Å². The third-order valence-electron chi connectivity index (χ3n) is 2.85. The van der Waals surface area contributed by atoms with Gasteiger partial charge in [-0.05, 0) is 23.2 Å². The fourth-order valence-electron chi connectivity index (χ4n) is 1.97. The van der Waals surface area contributed by atoms with Crippen LogP contribution in [0.2, 0.25) is 0 Å². The first-order valence-corrected chi connectivity index (χ1v) is 6.46. The van der Waals surface area contributed by atoms with Crippen molar-refractivity contribution in [2.45, 2.75) is 6.54 Å². The number of amides is 2. The first-order chi connectivity index (χ1) is 9.24. The van der Waals surface area contributed by atoms with Gasteiger partial charge in [0.15, 0.2) is 0 Å². The van der Waals surface area contributed by atoms with E-state index in [1.54, 1.807) is 0 Å². The minimum Gasteiger partial charge on any atom is -0.324 e. The van der Waals surface area contributed by atoms with Crippen LogP contribution in [-0.2, 0) is 11.3 Å². The van der Waals surface area contributed by atoms with Crippen molar-refractivity contribution in [3.8, 4) is 0 Å². The van der Waals surface area contributed by atoms with Gasteiger partial charge in [0.1, 0.15) is 11.4 Å². The van der Waals surface area contributed by atoms with Crippen molar-refractivity contribution >= 4 is 29.0 Å². The van der Waals surface area contributed by atoms with Crippen LogP contribution in [0.1, 0.15) is 15.2 Å². The first-order valence-electron chi connectivity index (χ1n) is 5.68. The summed E-state index contributed by atoms with van der Waals surface area (Å²) in [4.78, 5) is 26.0. The lowest BCUT2D eigenvalue weighted by Gasteiger charge is -2.18. The van der Waals surface area contributed by atoms with Gasteiger partial charge in [0.2, 0.25) is 5.91 Å². The zero-order valence-corrected chi connectivity index (χ0v) is 10.7. The summed E-state index contributed by atoms with van der Waals surface area (Å²) in [7, 11) is 0. The Bertz CT molecular complexity index is 626. The maximum Gasteiger partial charge on any atom is 0.267 e. The highest BCUT2D eigenvalue weighted by Gasteiger charge is 2.24. The number of nitrogens with zero attached hydrogens (tertiary/aromatic N) is 3. The van der Waals surface area contributed by atoms with Crippen molar-refractivity contribution in [1.29, 1.82) is 0 Å². The van der Waals surface area contributed by atoms with E-state index in [0.29, 0.717) is 11.4 Å². The average molecular weight is 274 g/mol. The van der Waals surface area contributed by atoms with Gasteiger partial charge >= 0.3 is 0 Å². The van der Waals surface area contributed by atoms with Gasteiger partial charge in [0, 0.05) is 12.2 Å². The van der Waals surface area contributed by atoms with E-state index in [1.807, 2.05) is 24.3 Å². The van der Waals surface area contributed by atoms with Crippen LogP contribution >= 0.6 is 11.5 Å². The maximum absolute atomic E-state index is 12.2. The topological polar surface area (TPSA) is 75.2 Å². The fraction of sp³-hybridized carbons (Fsp3) is 0.167. The molecule has 0 saturated carbocycles. The molecule has 0 atom stereocenters. The van der Waals surface area contributed by atoms with Crippen molar-refractivity contribution in [3.05, 3.63) is 40.9 Å². The molecule has 7 heteroatoms. The van der Waals surface area contributed by atoms with Crippen molar-refractivity contribution in [2.75, 3.05) is 11.9 Å². The Morgan fingerprint density at radius 2 is 2.16 bits per heavy atom. The third kappa shape index (κ3) is 2.32. The zero-order valence-electron chi connectivity index (χ0n) is 9.87. The Labute approximate surface area is 113 Å². The first kappa shape index (κ1) is 11.8. The monoisotopic (exact) mass is 274 g/mol. The highest BCUT2D eigenvalue weighted by Crippen LogP contribution is 2.21. The van der Waals surface area contributed by atoms with Crippen LogP contribution in [0.15, 0.2) is 30.5 Å². The number of fused-ring (bicyclic) bond motifs is 1. The summed E-state index contributed by atoms with van der Waals surface area (Å²) < 4.78 is 3.67. The fourth-order valence-corrected chi connectivity index (χ4v) is 2.45. The molecule has 0 unspecified atom stereocenters. The summed E-state index contributed by atoms with van der Waals surface area (Å²) in [6.45, 7) is 0.428. The van der Waals surface area contributed by atoms with E-state index in [9.17, 15) is 9.59 Å². The smallest absolute Gasteiger partial charge is 0.267 e. The number of hydrogen-bond donors (Lipinski definition) is 1. The number of anilines is 1. The normalized spacial score (nSPS) is 14.5. The van der Waals surface area contributed by atoms with Gasteiger partial charge in [-0.2, -0.15) is 0 Å². The Balaban J connectivity index is 1.92. The summed E-state index contributed by atoms with van der Waals surface area (Å²) in [5.74, 6) is -0.419. The van der Waals surface area contributed by atoms with Crippen LogP contribution in [0.3, 0.4) is 0 Å². The summed E-state index contributed by atoms with van der Waals surface area (Å²) >= 11 is 1.03. The number of carbonyl (C=O) groups excluding carboxylic acids is 2. The van der Waals surface area contributed by atoms with E-state index in [2.05, 4.69) is 14.9 Å². The van der Waals surface area contributed by atoms with E-state index >= 15 is 0 Å². The van der Waals surface area contributed by atoms with Gasteiger partial charge in [-0.15, -0.1) is 5.10 Å². The molecule has 2 heterocycles. The standard InChI is InChI=1S/C12H10N4O2S/c17-11-7-16(12(18)10-5-13-15-19-10)6-8-3-1-2-4-9(8)14-11/h1-5H,6-7H2,(H,14,17). The third-order valence-corrected chi connectivity index (χ3v) is 3.50. The zero-order chi connectivity index (χ0) is 13.2. The number of para-hydroxylation sites is 1. The van der Waals surface area contributed by atoms with E-state index < -0.39 is 0 Å². The highest BCUT2D eigenvalue weighted by molar-refractivity contribution is 7.07. The lowest BCUT2D eigenvalue weighted by Crippen LogP contribution is -2.34. The largest absolute Gasteiger partial charge is 0.324 e. The minimum absolute atomic E-state index is 0.0331. The Morgan fingerprint density at radius 1 is 1.32 bits per heavy atom. The highest BCUT2D eigenvalue weighted by atomic mass is 32.1. The van der Waals surface area contributed by atoms with Crippen LogP contribution in [0.5, 0.6) is 0 Å². The molecule has 0 fully saturated rings. The summed E-state index contributed by atoms with van der Waals surface area (Å²) in [5.41, 5.74) is 1.67. The van der Waals surface area contributed by atoms with Gasteiger partial charge in [0.05, 0.1) is 6.20 Å². The minimum atomic E-state index is -0.221. The summed E-state index contributed by atoms with van der Waals surface area (Å²) in [5, 5.41) is 6.44. The van der Waals surface area contributed by atoms with E-state index in [4.69, 9.17) is 0 Å². The molecule has 19 heavy (non-hydrogen) atoms. The van der Waals surface area contributed by atoms with E-state index in [-0.39, 0.29) is 18.4 Å². The van der Waals surface area contributed by atoms with Crippen molar-refractivity contribution in [1.82, 2.24) is 14.5 Å². The number of benzene rings is 1. The molecular formula is C12H10N4O2S. The van der Waals surface area contributed by atoms with Gasteiger partial charge in [-0.25, -0.2) is 0 Å². The van der Waals surface area contributed by atoms with Crippen molar-refractivity contribution < 1.29 is 9.59 Å². The molecule has 6 nitrogen and oxygen atoms in total. The molecule has 1 aromatic carbocycles. The van der Waals surface area contributed by atoms with Crippen LogP contribution in [0.4, 0.5) is 5.69 Å². The molecular weight excluding hydrogens is 264 g/mol. The quantitative estimate of drug-likeness (QED) is 0.846. The predicted octanol–water partition coefficient (Wildman–Crippen LogP) is 1.13. The molecule has 1 aliphatic rings. The molecule has 0 bridgehead atoms. The second-order valence-corrected chi connectivity index (χ2v) is 4.93. The molecule has 2 aromatic rings. The van der Waals surface area contributed by atoms with Gasteiger partial charge < -0.3 is 10.2 Å². The molecule has 2 amide bonds. The van der Waals surface area contributed by atoms with Crippen LogP contribution in [0, 0.1) is 0 Å². The molecule has 0 aliphatic carbocycles. The van der Waals surface area contributed by atoms with Crippen LogP contribution in [-0.4, -0.2) is 32.8 Å². The lowest BCUT2D eigenvalue weighted by atomic mass is 10.1. The van der Waals surface area contributed by atoms with E-state index in [1.165, 1.54) is 11.1 Å². The molecule has 0 saturated heterocycles. The number of aromatic nitrogens is 2. The van der Waals surface area contributed by atoms with Gasteiger partial charge in [-0.3, -0.25) is 9.59 Å². The van der Waals surface area contributed by atoms with Crippen molar-refractivity contribution in [3.63, 3.8) is 0 Å². The SMILES string of the molecule is O=C1CN(C(=O)c2cnns2)Cc2ccccc2N1. The van der Waals surface area contributed by atoms with Crippen LogP contribution in [0.25, 0.3) is 0 Å². The molecule has 96 valence electrons. The molecule has 3 rings (SSSR count). The molecule has 0 spiro atoms. The summed E-state index contributed by atoms with van der Waals surface area (Å²) in [6, 6.07) is 7.46. The average Bonchev–Trinajstić information content (AvgIpc) is 2.87. The van der Waals surface area contributed by atoms with Gasteiger partial charge in [-0.1, -0.05) is 22.7 Å². The second kappa shape index (κ2) is 4.77. The van der Waals surface area contributed by atoms with Gasteiger partial charge in [0.25, 0.3) is 5.91 Å². The number of rotatable bonds is 1. The Hall–Kier alpha value is -2.28. The number of carbonyl (C=O) groups is 2. The van der Waals surface area contributed by atoms with E-state index in [0.717, 1.165) is 22.8 Å². The maximum atomic E-state index is 12.2.